The molecule has 2 saturated heterocycles. The lowest BCUT2D eigenvalue weighted by atomic mass is 10.2. The molecule has 1 N–H and O–H groups in total. The van der Waals surface area contributed by atoms with E-state index < -0.39 is 0 Å². The highest BCUT2D eigenvalue weighted by Crippen LogP contribution is 2.22. The molecular weight excluding hydrogens is 372 g/mol. The van der Waals surface area contributed by atoms with Crippen LogP contribution in [0.2, 0.25) is 0 Å². The van der Waals surface area contributed by atoms with Gasteiger partial charge >= 0.3 is 5.69 Å². The Labute approximate surface area is 169 Å². The van der Waals surface area contributed by atoms with Crippen molar-refractivity contribution >= 4 is 17.1 Å². The molecule has 2 fully saturated rings. The molecule has 2 aliphatic rings. The summed E-state index contributed by atoms with van der Waals surface area (Å²) < 4.78 is 10.5. The Hall–Kier alpha value is -2.39. The van der Waals surface area contributed by atoms with Crippen LogP contribution in [-0.2, 0) is 24.9 Å². The molecule has 0 radical (unpaired) electrons. The van der Waals surface area contributed by atoms with Crippen LogP contribution in [0.1, 0.15) is 26.7 Å². The van der Waals surface area contributed by atoms with Crippen LogP contribution in [0.4, 0.5) is 5.95 Å². The SMILES string of the molecule is CC(C)=CCn1c(N2CCNCC2)nc2c1c(=O)n(C)c(=O)n2CC1CCCO1. The molecule has 4 rings (SSSR count). The highest BCUT2D eigenvalue weighted by Gasteiger charge is 2.26. The van der Waals surface area contributed by atoms with Gasteiger partial charge in [-0.1, -0.05) is 11.6 Å². The van der Waals surface area contributed by atoms with Gasteiger partial charge in [0.2, 0.25) is 5.95 Å². The van der Waals surface area contributed by atoms with Gasteiger partial charge in [0.1, 0.15) is 0 Å². The molecule has 2 aromatic heterocycles. The van der Waals surface area contributed by atoms with E-state index in [-0.39, 0.29) is 17.4 Å². The summed E-state index contributed by atoms with van der Waals surface area (Å²) in [5, 5.41) is 3.35. The third kappa shape index (κ3) is 3.76. The van der Waals surface area contributed by atoms with E-state index in [0.717, 1.165) is 51.6 Å². The summed E-state index contributed by atoms with van der Waals surface area (Å²) >= 11 is 0. The number of hydrogen-bond donors (Lipinski definition) is 1. The van der Waals surface area contributed by atoms with Crippen molar-refractivity contribution in [1.82, 2.24) is 24.0 Å². The first kappa shape index (κ1) is 19.9. The Morgan fingerprint density at radius 2 is 2.00 bits per heavy atom. The predicted octanol–water partition coefficient (Wildman–Crippen LogP) is 0.452. The lowest BCUT2D eigenvalue weighted by Crippen LogP contribution is -2.44. The van der Waals surface area contributed by atoms with Crippen LogP contribution in [0.5, 0.6) is 0 Å². The lowest BCUT2D eigenvalue weighted by molar-refractivity contribution is 0.0964. The maximum absolute atomic E-state index is 13.1. The van der Waals surface area contributed by atoms with Gasteiger partial charge in [-0.25, -0.2) is 4.79 Å². The van der Waals surface area contributed by atoms with Gasteiger partial charge in [0.25, 0.3) is 5.56 Å². The molecule has 2 aliphatic heterocycles. The number of rotatable bonds is 5. The smallest absolute Gasteiger partial charge is 0.332 e. The first-order chi connectivity index (χ1) is 14.0. The van der Waals surface area contributed by atoms with E-state index in [1.54, 1.807) is 11.6 Å². The van der Waals surface area contributed by atoms with Crippen LogP contribution in [0.25, 0.3) is 11.2 Å². The number of aromatic nitrogens is 4. The van der Waals surface area contributed by atoms with Crippen molar-refractivity contribution < 1.29 is 4.74 Å². The Kier molecular flexibility index (Phi) is 5.60. The van der Waals surface area contributed by atoms with Crippen molar-refractivity contribution in [2.45, 2.75) is 45.9 Å². The molecule has 0 amide bonds. The van der Waals surface area contributed by atoms with Crippen molar-refractivity contribution in [3.63, 3.8) is 0 Å². The number of fused-ring (bicyclic) bond motifs is 1. The second kappa shape index (κ2) is 8.16. The summed E-state index contributed by atoms with van der Waals surface area (Å²) in [4.78, 5) is 33.1. The molecule has 2 aromatic rings. The fraction of sp³-hybridized carbons (Fsp3) is 0.650. The number of imidazole rings is 1. The Morgan fingerprint density at radius 1 is 1.24 bits per heavy atom. The molecule has 0 saturated carbocycles. The minimum Gasteiger partial charge on any atom is -0.376 e. The van der Waals surface area contributed by atoms with Gasteiger partial charge in [0.15, 0.2) is 11.2 Å². The Bertz CT molecular complexity index is 1030. The van der Waals surface area contributed by atoms with E-state index in [4.69, 9.17) is 9.72 Å². The highest BCUT2D eigenvalue weighted by atomic mass is 16.5. The first-order valence-corrected chi connectivity index (χ1v) is 10.4. The van der Waals surface area contributed by atoms with Gasteiger partial charge in [-0.2, -0.15) is 4.98 Å². The van der Waals surface area contributed by atoms with Crippen LogP contribution in [-0.4, -0.2) is 57.6 Å². The van der Waals surface area contributed by atoms with Crippen molar-refractivity contribution in [2.24, 2.45) is 7.05 Å². The van der Waals surface area contributed by atoms with Crippen LogP contribution < -0.4 is 21.5 Å². The molecule has 4 heterocycles. The van der Waals surface area contributed by atoms with Gasteiger partial charge in [0.05, 0.1) is 12.6 Å². The van der Waals surface area contributed by atoms with E-state index in [1.165, 1.54) is 10.1 Å². The van der Waals surface area contributed by atoms with Gasteiger partial charge < -0.3 is 19.5 Å². The Balaban J connectivity index is 1.92. The number of hydrogen-bond acceptors (Lipinski definition) is 6. The number of piperazine rings is 1. The minimum absolute atomic E-state index is 0.0148. The third-order valence-electron chi connectivity index (χ3n) is 5.70. The molecule has 9 heteroatoms. The van der Waals surface area contributed by atoms with Gasteiger partial charge in [-0.15, -0.1) is 0 Å². The van der Waals surface area contributed by atoms with E-state index in [2.05, 4.69) is 16.3 Å². The average Bonchev–Trinajstić information content (AvgIpc) is 3.36. The van der Waals surface area contributed by atoms with Gasteiger partial charge in [-0.3, -0.25) is 13.9 Å². The number of ether oxygens (including phenoxy) is 1. The summed E-state index contributed by atoms with van der Waals surface area (Å²) in [6.45, 7) is 9.12. The van der Waals surface area contributed by atoms with E-state index in [1.807, 2.05) is 18.4 Å². The van der Waals surface area contributed by atoms with Crippen LogP contribution in [0.15, 0.2) is 21.2 Å². The lowest BCUT2D eigenvalue weighted by Gasteiger charge is -2.28. The zero-order valence-corrected chi connectivity index (χ0v) is 17.5. The topological polar surface area (TPSA) is 86.3 Å². The van der Waals surface area contributed by atoms with Crippen LogP contribution in [0.3, 0.4) is 0 Å². The highest BCUT2D eigenvalue weighted by molar-refractivity contribution is 5.75. The summed E-state index contributed by atoms with van der Waals surface area (Å²) in [6.07, 6.45) is 3.98. The first-order valence-electron chi connectivity index (χ1n) is 10.4. The molecule has 29 heavy (non-hydrogen) atoms. The summed E-state index contributed by atoms with van der Waals surface area (Å²) in [5.41, 5.74) is 1.48. The average molecular weight is 402 g/mol. The quantitative estimate of drug-likeness (QED) is 0.731. The number of nitrogens with one attached hydrogen (secondary N) is 1. The molecule has 9 nitrogen and oxygen atoms in total. The second-order valence-electron chi connectivity index (χ2n) is 8.11. The van der Waals surface area contributed by atoms with Crippen molar-refractivity contribution in [2.75, 3.05) is 37.7 Å². The van der Waals surface area contributed by atoms with Gasteiger partial charge in [-0.05, 0) is 26.7 Å². The molecule has 0 aromatic carbocycles. The predicted molar refractivity (Wildman–Crippen MR) is 113 cm³/mol. The minimum atomic E-state index is -0.336. The number of allylic oxidation sites excluding steroid dienone is 2. The summed E-state index contributed by atoms with van der Waals surface area (Å²) in [7, 11) is 1.54. The maximum Gasteiger partial charge on any atom is 0.332 e. The molecule has 1 unspecified atom stereocenters. The largest absolute Gasteiger partial charge is 0.376 e. The molecular formula is C20H30N6O3. The molecule has 0 spiro atoms. The summed E-state index contributed by atoms with van der Waals surface area (Å²) in [6, 6.07) is 0. The van der Waals surface area contributed by atoms with Crippen molar-refractivity contribution in [3.8, 4) is 0 Å². The van der Waals surface area contributed by atoms with Crippen LogP contribution >= 0.6 is 0 Å². The van der Waals surface area contributed by atoms with E-state index >= 15 is 0 Å². The Morgan fingerprint density at radius 3 is 2.66 bits per heavy atom. The fourth-order valence-corrected chi connectivity index (χ4v) is 4.05. The second-order valence-corrected chi connectivity index (χ2v) is 8.11. The zero-order valence-electron chi connectivity index (χ0n) is 17.5. The van der Waals surface area contributed by atoms with Gasteiger partial charge in [0, 0.05) is 46.4 Å². The van der Waals surface area contributed by atoms with E-state index in [9.17, 15) is 9.59 Å². The normalized spacial score (nSPS) is 19.8. The summed E-state index contributed by atoms with van der Waals surface area (Å²) in [5.74, 6) is 0.753. The maximum atomic E-state index is 13.1. The molecule has 0 bridgehead atoms. The van der Waals surface area contributed by atoms with Crippen molar-refractivity contribution in [1.29, 1.82) is 0 Å². The third-order valence-corrected chi connectivity index (χ3v) is 5.70. The standard InChI is InChI=1S/C20H30N6O3/c1-14(2)6-9-25-16-17(22-19(25)24-10-7-21-8-11-24)26(13-15-5-4-12-29-15)20(28)23(3)18(16)27/h6,15,21H,4-5,7-13H2,1-3H3. The molecule has 0 aliphatic carbocycles. The van der Waals surface area contributed by atoms with Crippen LogP contribution in [0, 0.1) is 0 Å². The number of nitrogens with zero attached hydrogens (tertiary/aromatic N) is 5. The fourth-order valence-electron chi connectivity index (χ4n) is 4.05. The number of anilines is 1. The monoisotopic (exact) mass is 402 g/mol. The molecule has 1 atom stereocenters. The molecule has 158 valence electrons. The van der Waals surface area contributed by atoms with E-state index in [0.29, 0.717) is 24.3 Å². The zero-order chi connectivity index (χ0) is 20.5. The van der Waals surface area contributed by atoms with Crippen molar-refractivity contribution in [3.05, 3.63) is 32.5 Å².